The average molecular weight is 252 g/mol. The summed E-state index contributed by atoms with van der Waals surface area (Å²) in [5.41, 5.74) is -0.172. The van der Waals surface area contributed by atoms with Crippen LogP contribution in [0.2, 0.25) is 0 Å². The molecule has 0 aromatic carbocycles. The molecule has 2 unspecified atom stereocenters. The molecule has 0 spiro atoms. The fraction of sp³-hybridized carbons (Fsp3) is 0.727. The smallest absolute Gasteiger partial charge is 0.268 e. The van der Waals surface area contributed by atoms with Gasteiger partial charge in [0.2, 0.25) is 0 Å². The average Bonchev–Trinajstić information content (AvgIpc) is 2.86. The Bertz CT molecular complexity index is 484. The van der Waals surface area contributed by atoms with E-state index in [-0.39, 0.29) is 22.9 Å². The summed E-state index contributed by atoms with van der Waals surface area (Å²) in [6.07, 6.45) is 3.08. The second-order valence-corrected chi connectivity index (χ2v) is 5.80. The van der Waals surface area contributed by atoms with Crippen molar-refractivity contribution in [1.29, 1.82) is 5.26 Å². The van der Waals surface area contributed by atoms with Gasteiger partial charge in [-0.2, -0.15) is 5.26 Å². The molecule has 0 saturated heterocycles. The number of aromatic nitrogens is 3. The molecule has 5 nitrogen and oxygen atoms in total. The van der Waals surface area contributed by atoms with Crippen LogP contribution in [0.3, 0.4) is 0 Å². The Morgan fingerprint density at radius 2 is 2.35 bits per heavy atom. The number of H-pyrrole nitrogens is 1. The molecule has 0 aliphatic heterocycles. The first-order valence-corrected chi connectivity index (χ1v) is 6.74. The van der Waals surface area contributed by atoms with E-state index in [1.807, 2.05) is 13.8 Å². The fourth-order valence-electron chi connectivity index (χ4n) is 2.18. The lowest BCUT2D eigenvalue weighted by Crippen LogP contribution is -2.20. The summed E-state index contributed by atoms with van der Waals surface area (Å²) in [7, 11) is 0. The predicted octanol–water partition coefficient (Wildman–Crippen LogP) is 1.94. The van der Waals surface area contributed by atoms with Gasteiger partial charge in [0.25, 0.3) is 0 Å². The van der Waals surface area contributed by atoms with Crippen LogP contribution in [0.5, 0.6) is 0 Å². The molecule has 1 aliphatic carbocycles. The van der Waals surface area contributed by atoms with Gasteiger partial charge in [0.05, 0.1) is 12.0 Å². The largest absolute Gasteiger partial charge is 0.344 e. The van der Waals surface area contributed by atoms with Gasteiger partial charge in [0, 0.05) is 11.3 Å². The van der Waals surface area contributed by atoms with Gasteiger partial charge in [-0.1, -0.05) is 18.2 Å². The van der Waals surface area contributed by atoms with Crippen molar-refractivity contribution in [3.63, 3.8) is 0 Å². The summed E-state index contributed by atoms with van der Waals surface area (Å²) in [6.45, 7) is 3.91. The highest BCUT2D eigenvalue weighted by Crippen LogP contribution is 2.37. The Kier molecular flexibility index (Phi) is 3.57. The summed E-state index contributed by atoms with van der Waals surface area (Å²) in [5, 5.41) is 16.5. The lowest BCUT2D eigenvalue weighted by atomic mass is 10.1. The highest BCUT2D eigenvalue weighted by molar-refractivity contribution is 7.99. The molecule has 1 aliphatic rings. The third-order valence-electron chi connectivity index (χ3n) is 3.06. The molecule has 1 heterocycles. The van der Waals surface area contributed by atoms with Crippen molar-refractivity contribution in [2.24, 2.45) is 5.92 Å². The van der Waals surface area contributed by atoms with Crippen LogP contribution in [0.15, 0.2) is 9.95 Å². The highest BCUT2D eigenvalue weighted by atomic mass is 32.2. The Hall–Kier alpha value is -1.22. The van der Waals surface area contributed by atoms with E-state index in [0.29, 0.717) is 5.16 Å². The van der Waals surface area contributed by atoms with Gasteiger partial charge in [0.1, 0.15) is 0 Å². The molecule has 1 fully saturated rings. The van der Waals surface area contributed by atoms with Crippen molar-refractivity contribution in [2.75, 3.05) is 0 Å². The maximum Gasteiger partial charge on any atom is 0.344 e. The van der Waals surface area contributed by atoms with Crippen molar-refractivity contribution in [3.05, 3.63) is 10.5 Å². The van der Waals surface area contributed by atoms with E-state index < -0.39 is 0 Å². The number of hydrogen-bond acceptors (Lipinski definition) is 4. The third kappa shape index (κ3) is 2.39. The SMILES string of the molecule is CC(C)n1c(SC2CCCC2C#N)n[nH]c1=O. The molecular formula is C11H16N4OS. The summed E-state index contributed by atoms with van der Waals surface area (Å²) >= 11 is 1.56. The molecular weight excluding hydrogens is 236 g/mol. The van der Waals surface area contributed by atoms with Gasteiger partial charge in [0.15, 0.2) is 5.16 Å². The van der Waals surface area contributed by atoms with Gasteiger partial charge >= 0.3 is 5.69 Å². The van der Waals surface area contributed by atoms with Crippen LogP contribution in [-0.2, 0) is 0 Å². The molecule has 1 aromatic rings. The Labute approximate surface area is 104 Å². The molecule has 0 amide bonds. The lowest BCUT2D eigenvalue weighted by molar-refractivity contribution is 0.532. The monoisotopic (exact) mass is 252 g/mol. The maximum atomic E-state index is 11.6. The van der Waals surface area contributed by atoms with Gasteiger partial charge in [-0.05, 0) is 26.7 Å². The van der Waals surface area contributed by atoms with E-state index in [9.17, 15) is 4.79 Å². The van der Waals surface area contributed by atoms with E-state index in [4.69, 9.17) is 5.26 Å². The molecule has 2 rings (SSSR count). The standard InChI is InChI=1S/C11H16N4OS/c1-7(2)15-10(16)13-14-11(15)17-9-5-3-4-8(9)6-12/h7-9H,3-5H2,1-2H3,(H,13,16). The third-order valence-corrected chi connectivity index (χ3v) is 4.43. The van der Waals surface area contributed by atoms with Crippen LogP contribution in [0, 0.1) is 17.2 Å². The van der Waals surface area contributed by atoms with Crippen LogP contribution in [-0.4, -0.2) is 20.0 Å². The molecule has 1 saturated carbocycles. The molecule has 2 atom stereocenters. The van der Waals surface area contributed by atoms with Gasteiger partial charge in [-0.25, -0.2) is 9.89 Å². The minimum atomic E-state index is -0.172. The van der Waals surface area contributed by atoms with Gasteiger partial charge in [-0.15, -0.1) is 5.10 Å². The zero-order valence-corrected chi connectivity index (χ0v) is 10.8. The van der Waals surface area contributed by atoms with Gasteiger partial charge in [-0.3, -0.25) is 4.57 Å². The normalized spacial score (nSPS) is 24.1. The van der Waals surface area contributed by atoms with Crippen molar-refractivity contribution >= 4 is 11.8 Å². The van der Waals surface area contributed by atoms with Crippen LogP contribution in [0.25, 0.3) is 0 Å². The summed E-state index contributed by atoms with van der Waals surface area (Å²) in [5.74, 6) is 0.0902. The molecule has 0 radical (unpaired) electrons. The number of thioether (sulfide) groups is 1. The molecule has 0 bridgehead atoms. The van der Waals surface area contributed by atoms with Crippen LogP contribution >= 0.6 is 11.8 Å². The van der Waals surface area contributed by atoms with E-state index in [1.165, 1.54) is 0 Å². The number of nitrogens with zero attached hydrogens (tertiary/aromatic N) is 3. The first kappa shape index (κ1) is 12.2. The molecule has 92 valence electrons. The van der Waals surface area contributed by atoms with Gasteiger partial charge < -0.3 is 0 Å². The predicted molar refractivity (Wildman–Crippen MR) is 65.8 cm³/mol. The first-order chi connectivity index (χ1) is 8.13. The minimum absolute atomic E-state index is 0.0886. The highest BCUT2D eigenvalue weighted by Gasteiger charge is 2.30. The summed E-state index contributed by atoms with van der Waals surface area (Å²) in [4.78, 5) is 11.6. The zero-order valence-electron chi connectivity index (χ0n) is 10.0. The van der Waals surface area contributed by atoms with Crippen molar-refractivity contribution < 1.29 is 0 Å². The Balaban J connectivity index is 2.19. The van der Waals surface area contributed by atoms with Crippen LogP contribution in [0.4, 0.5) is 0 Å². The van der Waals surface area contributed by atoms with Crippen molar-refractivity contribution in [3.8, 4) is 6.07 Å². The number of aromatic amines is 1. The number of nitriles is 1. The Morgan fingerprint density at radius 3 is 3.00 bits per heavy atom. The van der Waals surface area contributed by atoms with E-state index in [2.05, 4.69) is 16.3 Å². The van der Waals surface area contributed by atoms with E-state index >= 15 is 0 Å². The molecule has 17 heavy (non-hydrogen) atoms. The van der Waals surface area contributed by atoms with E-state index in [0.717, 1.165) is 19.3 Å². The fourth-order valence-corrected chi connectivity index (χ4v) is 3.60. The van der Waals surface area contributed by atoms with E-state index in [1.54, 1.807) is 16.3 Å². The van der Waals surface area contributed by atoms with Crippen LogP contribution in [0.1, 0.15) is 39.2 Å². The quantitative estimate of drug-likeness (QED) is 0.892. The number of nitrogens with one attached hydrogen (secondary N) is 1. The number of rotatable bonds is 3. The summed E-state index contributed by atoms with van der Waals surface area (Å²) < 4.78 is 1.65. The molecule has 1 N–H and O–H groups in total. The van der Waals surface area contributed by atoms with Crippen molar-refractivity contribution in [2.45, 2.75) is 49.6 Å². The first-order valence-electron chi connectivity index (χ1n) is 5.86. The summed E-state index contributed by atoms with van der Waals surface area (Å²) in [6, 6.07) is 2.43. The topological polar surface area (TPSA) is 74.5 Å². The zero-order chi connectivity index (χ0) is 12.4. The Morgan fingerprint density at radius 1 is 1.59 bits per heavy atom. The molecule has 6 heteroatoms. The maximum absolute atomic E-state index is 11.6. The lowest BCUT2D eigenvalue weighted by Gasteiger charge is -2.14. The number of hydrogen-bond donors (Lipinski definition) is 1. The molecule has 1 aromatic heterocycles. The minimum Gasteiger partial charge on any atom is -0.268 e. The van der Waals surface area contributed by atoms with Crippen LogP contribution < -0.4 is 5.69 Å². The van der Waals surface area contributed by atoms with Crippen molar-refractivity contribution in [1.82, 2.24) is 14.8 Å². The second kappa shape index (κ2) is 4.96. The second-order valence-electron chi connectivity index (χ2n) is 4.60.